The number of ether oxygens (including phenoxy) is 2. The quantitative estimate of drug-likeness (QED) is 0.220. The van der Waals surface area contributed by atoms with E-state index in [0.29, 0.717) is 46.2 Å². The molecule has 37 heavy (non-hydrogen) atoms. The zero-order chi connectivity index (χ0) is 25.9. The van der Waals surface area contributed by atoms with Crippen LogP contribution in [0.1, 0.15) is 60.8 Å². The summed E-state index contributed by atoms with van der Waals surface area (Å²) in [6, 6.07) is 18.9. The van der Waals surface area contributed by atoms with E-state index in [0.717, 1.165) is 30.6 Å². The Morgan fingerprint density at radius 2 is 1.59 bits per heavy atom. The number of nitrogens with zero attached hydrogens (tertiary/aromatic N) is 1. The van der Waals surface area contributed by atoms with E-state index < -0.39 is 6.04 Å². The number of fused-ring (bicyclic) bond motifs is 2. The van der Waals surface area contributed by atoms with Gasteiger partial charge in [-0.15, -0.1) is 0 Å². The average Bonchev–Trinajstić information content (AvgIpc) is 3.20. The molecule has 1 unspecified atom stereocenters. The summed E-state index contributed by atoms with van der Waals surface area (Å²) in [5.41, 5.74) is 1.75. The standard InChI is InChI=1S/C30H28ClNO5/c1-3-5-6-17-36-23-12-7-19(8-13-23)27-26-28(33)24-18-20(31)9-16-25(24)37-29(26)30(34)32(27)21-10-14-22(15-11-21)35-4-2/h7-16,18,27H,3-6,17H2,1-2H3. The maximum absolute atomic E-state index is 13.7. The topological polar surface area (TPSA) is 69.0 Å². The van der Waals surface area contributed by atoms with Crippen molar-refractivity contribution in [2.24, 2.45) is 0 Å². The molecule has 0 bridgehead atoms. The molecular formula is C30H28ClNO5. The lowest BCUT2D eigenvalue weighted by Crippen LogP contribution is -2.29. The summed E-state index contributed by atoms with van der Waals surface area (Å²) < 4.78 is 17.5. The Balaban J connectivity index is 1.60. The van der Waals surface area contributed by atoms with Crippen LogP contribution in [0.25, 0.3) is 11.0 Å². The number of amides is 1. The van der Waals surface area contributed by atoms with Crippen LogP contribution < -0.4 is 19.8 Å². The molecule has 1 atom stereocenters. The van der Waals surface area contributed by atoms with Gasteiger partial charge in [0.25, 0.3) is 5.91 Å². The van der Waals surface area contributed by atoms with Crippen molar-refractivity contribution in [1.29, 1.82) is 0 Å². The number of rotatable bonds is 9. The Morgan fingerprint density at radius 3 is 2.30 bits per heavy atom. The van der Waals surface area contributed by atoms with Gasteiger partial charge in [-0.3, -0.25) is 14.5 Å². The molecule has 4 aromatic rings. The van der Waals surface area contributed by atoms with Gasteiger partial charge in [0.05, 0.1) is 30.2 Å². The number of unbranched alkanes of at least 4 members (excludes halogenated alkanes) is 2. The Morgan fingerprint density at radius 1 is 0.892 bits per heavy atom. The van der Waals surface area contributed by atoms with Crippen LogP contribution in [-0.2, 0) is 0 Å². The van der Waals surface area contributed by atoms with Gasteiger partial charge in [0.15, 0.2) is 5.43 Å². The molecule has 1 amide bonds. The number of benzene rings is 3. The minimum absolute atomic E-state index is 0.0404. The van der Waals surface area contributed by atoms with Crippen LogP contribution in [0.15, 0.2) is 75.9 Å². The van der Waals surface area contributed by atoms with Crippen molar-refractivity contribution in [1.82, 2.24) is 0 Å². The van der Waals surface area contributed by atoms with Gasteiger partial charge in [-0.25, -0.2) is 0 Å². The van der Waals surface area contributed by atoms with Crippen molar-refractivity contribution in [3.8, 4) is 11.5 Å². The first-order valence-electron chi connectivity index (χ1n) is 12.6. The van der Waals surface area contributed by atoms with Crippen LogP contribution in [0.3, 0.4) is 0 Å². The smallest absolute Gasteiger partial charge is 0.295 e. The van der Waals surface area contributed by atoms with Gasteiger partial charge in [-0.2, -0.15) is 0 Å². The summed E-state index contributed by atoms with van der Waals surface area (Å²) >= 11 is 6.18. The second-order valence-electron chi connectivity index (χ2n) is 8.94. The minimum Gasteiger partial charge on any atom is -0.494 e. The molecule has 190 valence electrons. The Bertz CT molecular complexity index is 1480. The zero-order valence-corrected chi connectivity index (χ0v) is 21.6. The van der Waals surface area contributed by atoms with Crippen LogP contribution in [-0.4, -0.2) is 19.1 Å². The summed E-state index contributed by atoms with van der Waals surface area (Å²) in [6.45, 7) is 5.25. The molecular weight excluding hydrogens is 490 g/mol. The van der Waals surface area contributed by atoms with Crippen LogP contribution >= 0.6 is 11.6 Å². The van der Waals surface area contributed by atoms with Gasteiger partial charge in [-0.05, 0) is 73.5 Å². The molecule has 7 heteroatoms. The summed E-state index contributed by atoms with van der Waals surface area (Å²) in [7, 11) is 0. The van der Waals surface area contributed by atoms with Gasteiger partial charge < -0.3 is 13.9 Å². The van der Waals surface area contributed by atoms with E-state index >= 15 is 0 Å². The first kappa shape index (κ1) is 24.9. The first-order valence-corrected chi connectivity index (χ1v) is 12.9. The highest BCUT2D eigenvalue weighted by Crippen LogP contribution is 2.42. The normalized spacial score (nSPS) is 14.7. The van der Waals surface area contributed by atoms with Crippen molar-refractivity contribution >= 4 is 34.2 Å². The van der Waals surface area contributed by atoms with Crippen LogP contribution in [0.2, 0.25) is 5.02 Å². The van der Waals surface area contributed by atoms with Crippen molar-refractivity contribution in [3.05, 3.63) is 98.9 Å². The maximum Gasteiger partial charge on any atom is 0.295 e. The molecule has 0 radical (unpaired) electrons. The highest BCUT2D eigenvalue weighted by molar-refractivity contribution is 6.31. The lowest BCUT2D eigenvalue weighted by Gasteiger charge is -2.25. The second-order valence-corrected chi connectivity index (χ2v) is 9.38. The Hall–Kier alpha value is -3.77. The van der Waals surface area contributed by atoms with Crippen LogP contribution in [0, 0.1) is 0 Å². The number of carbonyl (C=O) groups excluding carboxylic acids is 1. The van der Waals surface area contributed by atoms with Crippen molar-refractivity contribution < 1.29 is 18.7 Å². The minimum atomic E-state index is -0.672. The number of anilines is 1. The molecule has 6 nitrogen and oxygen atoms in total. The predicted molar refractivity (Wildman–Crippen MR) is 145 cm³/mol. The van der Waals surface area contributed by atoms with E-state index in [1.807, 2.05) is 55.5 Å². The zero-order valence-electron chi connectivity index (χ0n) is 20.8. The fraction of sp³-hybridized carbons (Fsp3) is 0.267. The Labute approximate surface area is 220 Å². The number of halogens is 1. The highest BCUT2D eigenvalue weighted by Gasteiger charge is 2.43. The molecule has 3 aromatic carbocycles. The van der Waals surface area contributed by atoms with Gasteiger partial charge in [0.1, 0.15) is 17.1 Å². The third kappa shape index (κ3) is 4.81. The molecule has 0 saturated carbocycles. The van der Waals surface area contributed by atoms with Gasteiger partial charge in [-0.1, -0.05) is 43.5 Å². The van der Waals surface area contributed by atoms with Gasteiger partial charge in [0.2, 0.25) is 5.76 Å². The molecule has 0 fully saturated rings. The van der Waals surface area contributed by atoms with E-state index in [2.05, 4.69) is 6.92 Å². The first-order chi connectivity index (χ1) is 18.0. The molecule has 2 heterocycles. The number of carbonyl (C=O) groups is 1. The molecule has 5 rings (SSSR count). The summed E-state index contributed by atoms with van der Waals surface area (Å²) in [6.07, 6.45) is 3.23. The summed E-state index contributed by atoms with van der Waals surface area (Å²) in [5, 5.41) is 0.766. The van der Waals surface area contributed by atoms with E-state index in [1.165, 1.54) is 0 Å². The van der Waals surface area contributed by atoms with Crippen molar-refractivity contribution in [2.45, 2.75) is 39.2 Å². The largest absolute Gasteiger partial charge is 0.494 e. The van der Waals surface area contributed by atoms with E-state index in [9.17, 15) is 9.59 Å². The molecule has 0 saturated heterocycles. The summed E-state index contributed by atoms with van der Waals surface area (Å²) in [4.78, 5) is 29.1. The lowest BCUT2D eigenvalue weighted by atomic mass is 9.98. The van der Waals surface area contributed by atoms with Crippen LogP contribution in [0.5, 0.6) is 11.5 Å². The van der Waals surface area contributed by atoms with E-state index in [4.69, 9.17) is 25.5 Å². The highest BCUT2D eigenvalue weighted by atomic mass is 35.5. The van der Waals surface area contributed by atoms with Gasteiger partial charge >= 0.3 is 0 Å². The summed E-state index contributed by atoms with van der Waals surface area (Å²) in [5.74, 6) is 1.11. The fourth-order valence-corrected chi connectivity index (χ4v) is 4.86. The molecule has 1 aliphatic rings. The maximum atomic E-state index is 13.7. The number of hydrogen-bond acceptors (Lipinski definition) is 5. The molecule has 0 spiro atoms. The van der Waals surface area contributed by atoms with Crippen molar-refractivity contribution in [3.63, 3.8) is 0 Å². The predicted octanol–water partition coefficient (Wildman–Crippen LogP) is 7.16. The average molecular weight is 518 g/mol. The number of hydrogen-bond donors (Lipinski definition) is 0. The molecule has 0 aliphatic carbocycles. The van der Waals surface area contributed by atoms with Crippen molar-refractivity contribution in [2.75, 3.05) is 18.1 Å². The monoisotopic (exact) mass is 517 g/mol. The second kappa shape index (κ2) is 10.7. The molecule has 1 aliphatic heterocycles. The lowest BCUT2D eigenvalue weighted by molar-refractivity contribution is 0.0971. The molecule has 0 N–H and O–H groups in total. The fourth-order valence-electron chi connectivity index (χ4n) is 4.68. The SMILES string of the molecule is CCCCCOc1ccc(C2c3c(oc4ccc(Cl)cc4c3=O)C(=O)N2c2ccc(OCC)cc2)cc1. The van der Waals surface area contributed by atoms with Crippen LogP contribution in [0.4, 0.5) is 5.69 Å². The van der Waals surface area contributed by atoms with Gasteiger partial charge in [0, 0.05) is 10.7 Å². The third-order valence-corrected chi connectivity index (χ3v) is 6.71. The third-order valence-electron chi connectivity index (χ3n) is 6.47. The van der Waals surface area contributed by atoms with E-state index in [1.54, 1.807) is 23.1 Å². The molecule has 1 aromatic heterocycles. The van der Waals surface area contributed by atoms with E-state index in [-0.39, 0.29) is 17.1 Å². The Kier molecular flexibility index (Phi) is 7.19.